The Bertz CT molecular complexity index is 609. The number of rotatable bonds is 5. The van der Waals surface area contributed by atoms with Crippen molar-refractivity contribution in [3.8, 4) is 5.75 Å². The summed E-state index contributed by atoms with van der Waals surface area (Å²) in [7, 11) is 2.35. The fraction of sp³-hybridized carbons (Fsp3) is 0.667. The maximum Gasteiger partial charge on any atom is 0.153 e. The van der Waals surface area contributed by atoms with Crippen molar-refractivity contribution in [2.24, 2.45) is 5.92 Å². The standard InChI is InChI=1S/C21H34N2O2/c1-16(2)14-23(6)9-7-22(8-10-23)13-17-11-19(21(3,4)5)12-18(15-24)20(17)25/h11-12,15-16H,7-10,13-14H2,1-6H3/p+1. The summed E-state index contributed by atoms with van der Waals surface area (Å²) in [6.45, 7) is 17.2. The number of phenolic OH excluding ortho intramolecular Hbond substituents is 1. The molecule has 1 aromatic rings. The van der Waals surface area contributed by atoms with Gasteiger partial charge in [0, 0.05) is 31.1 Å². The first-order valence-electron chi connectivity index (χ1n) is 9.41. The Kier molecular flexibility index (Phi) is 5.95. The van der Waals surface area contributed by atoms with Gasteiger partial charge in [-0.15, -0.1) is 0 Å². The van der Waals surface area contributed by atoms with E-state index in [1.54, 1.807) is 0 Å². The molecule has 1 aliphatic rings. The predicted octanol–water partition coefficient (Wildman–Crippen LogP) is 3.42. The second-order valence-corrected chi connectivity index (χ2v) is 9.36. The van der Waals surface area contributed by atoms with E-state index in [0.29, 0.717) is 18.0 Å². The number of benzene rings is 1. The molecule has 0 atom stereocenters. The molecule has 0 radical (unpaired) electrons. The summed E-state index contributed by atoms with van der Waals surface area (Å²) in [6.07, 6.45) is 0.765. The van der Waals surface area contributed by atoms with Crippen LogP contribution in [0.5, 0.6) is 5.75 Å². The monoisotopic (exact) mass is 347 g/mol. The smallest absolute Gasteiger partial charge is 0.153 e. The maximum atomic E-state index is 11.4. The van der Waals surface area contributed by atoms with E-state index in [1.165, 1.54) is 6.54 Å². The van der Waals surface area contributed by atoms with E-state index in [0.717, 1.165) is 48.1 Å². The van der Waals surface area contributed by atoms with Gasteiger partial charge in [0.1, 0.15) is 5.75 Å². The van der Waals surface area contributed by atoms with E-state index in [2.05, 4.69) is 52.6 Å². The van der Waals surface area contributed by atoms with E-state index in [4.69, 9.17) is 0 Å². The topological polar surface area (TPSA) is 40.5 Å². The minimum atomic E-state index is -0.0468. The van der Waals surface area contributed by atoms with E-state index >= 15 is 0 Å². The highest BCUT2D eigenvalue weighted by Crippen LogP contribution is 2.31. The van der Waals surface area contributed by atoms with Crippen molar-refractivity contribution in [2.45, 2.75) is 46.6 Å². The van der Waals surface area contributed by atoms with Crippen LogP contribution in [0.15, 0.2) is 12.1 Å². The van der Waals surface area contributed by atoms with Gasteiger partial charge in [-0.2, -0.15) is 0 Å². The van der Waals surface area contributed by atoms with Gasteiger partial charge in [0.15, 0.2) is 6.29 Å². The average molecular weight is 348 g/mol. The lowest BCUT2D eigenvalue weighted by Crippen LogP contribution is -2.58. The molecule has 4 heteroatoms. The van der Waals surface area contributed by atoms with Crippen LogP contribution in [0.4, 0.5) is 0 Å². The first-order chi connectivity index (χ1) is 11.5. The van der Waals surface area contributed by atoms with Crippen LogP contribution in [-0.2, 0) is 12.0 Å². The minimum absolute atomic E-state index is 0.0468. The molecule has 140 valence electrons. The molecule has 1 aliphatic heterocycles. The maximum absolute atomic E-state index is 11.4. The fourth-order valence-electron chi connectivity index (χ4n) is 3.81. The molecule has 0 spiro atoms. The van der Waals surface area contributed by atoms with Crippen LogP contribution in [0, 0.1) is 5.92 Å². The number of aromatic hydroxyl groups is 1. The number of likely N-dealkylation sites (N-methyl/N-ethyl adjacent to an activating group) is 1. The zero-order chi connectivity index (χ0) is 18.8. The molecule has 4 nitrogen and oxygen atoms in total. The number of hydrogen-bond acceptors (Lipinski definition) is 3. The number of quaternary nitrogens is 1. The number of hydrogen-bond donors (Lipinski definition) is 1. The molecule has 0 aromatic heterocycles. The zero-order valence-electron chi connectivity index (χ0n) is 16.8. The Morgan fingerprint density at radius 3 is 2.32 bits per heavy atom. The molecule has 2 rings (SSSR count). The van der Waals surface area contributed by atoms with Gasteiger partial charge >= 0.3 is 0 Å². The molecule has 0 aliphatic carbocycles. The van der Waals surface area contributed by atoms with Crippen molar-refractivity contribution in [1.29, 1.82) is 0 Å². The zero-order valence-corrected chi connectivity index (χ0v) is 16.8. The van der Waals surface area contributed by atoms with E-state index in [9.17, 15) is 9.90 Å². The molecular weight excluding hydrogens is 312 g/mol. The molecule has 1 N–H and O–H groups in total. The molecular formula is C21H35N2O2+. The van der Waals surface area contributed by atoms with Crippen LogP contribution >= 0.6 is 0 Å². The number of phenols is 1. The molecule has 0 amide bonds. The molecule has 25 heavy (non-hydrogen) atoms. The lowest BCUT2D eigenvalue weighted by molar-refractivity contribution is -0.916. The Morgan fingerprint density at radius 2 is 1.84 bits per heavy atom. The number of carbonyl (C=O) groups is 1. The molecule has 1 aromatic carbocycles. The third-order valence-corrected chi connectivity index (χ3v) is 5.32. The van der Waals surface area contributed by atoms with Crippen molar-refractivity contribution >= 4 is 6.29 Å². The van der Waals surface area contributed by atoms with Gasteiger partial charge < -0.3 is 9.59 Å². The van der Waals surface area contributed by atoms with Gasteiger partial charge in [-0.1, -0.05) is 40.7 Å². The predicted molar refractivity (Wildman–Crippen MR) is 103 cm³/mol. The molecule has 1 saturated heterocycles. The molecule has 0 unspecified atom stereocenters. The second-order valence-electron chi connectivity index (χ2n) is 9.36. The van der Waals surface area contributed by atoms with Crippen molar-refractivity contribution in [2.75, 3.05) is 39.8 Å². The highest BCUT2D eigenvalue weighted by Gasteiger charge is 2.30. The molecule has 0 saturated carbocycles. The number of piperazine rings is 1. The van der Waals surface area contributed by atoms with E-state index in [1.807, 2.05) is 6.07 Å². The van der Waals surface area contributed by atoms with Crippen LogP contribution in [0.3, 0.4) is 0 Å². The first kappa shape index (κ1) is 19.9. The largest absolute Gasteiger partial charge is 0.507 e. The highest BCUT2D eigenvalue weighted by molar-refractivity contribution is 5.80. The van der Waals surface area contributed by atoms with Crippen molar-refractivity contribution in [3.63, 3.8) is 0 Å². The minimum Gasteiger partial charge on any atom is -0.507 e. The van der Waals surface area contributed by atoms with Gasteiger partial charge in [0.25, 0.3) is 0 Å². The number of aldehydes is 1. The van der Waals surface area contributed by atoms with E-state index < -0.39 is 0 Å². The van der Waals surface area contributed by atoms with Crippen LogP contribution in [0.1, 0.15) is 56.1 Å². The van der Waals surface area contributed by atoms with Crippen LogP contribution in [0.2, 0.25) is 0 Å². The first-order valence-corrected chi connectivity index (χ1v) is 9.41. The number of nitrogens with zero attached hydrogens (tertiary/aromatic N) is 2. The molecule has 1 heterocycles. The van der Waals surface area contributed by atoms with Gasteiger partial charge in [-0.25, -0.2) is 0 Å². The third kappa shape index (κ3) is 5.05. The summed E-state index contributed by atoms with van der Waals surface area (Å²) in [4.78, 5) is 13.8. The summed E-state index contributed by atoms with van der Waals surface area (Å²) in [5.74, 6) is 0.854. The number of carbonyl (C=O) groups excluding carboxylic acids is 1. The summed E-state index contributed by atoms with van der Waals surface area (Å²) < 4.78 is 1.13. The van der Waals surface area contributed by atoms with Crippen LogP contribution < -0.4 is 0 Å². The fourth-order valence-corrected chi connectivity index (χ4v) is 3.81. The summed E-state index contributed by atoms with van der Waals surface area (Å²) >= 11 is 0. The highest BCUT2D eigenvalue weighted by atomic mass is 16.3. The Hall–Kier alpha value is -1.39. The van der Waals surface area contributed by atoms with E-state index in [-0.39, 0.29) is 11.2 Å². The van der Waals surface area contributed by atoms with Gasteiger partial charge in [0.2, 0.25) is 0 Å². The third-order valence-electron chi connectivity index (χ3n) is 5.32. The van der Waals surface area contributed by atoms with Crippen LogP contribution in [-0.4, -0.2) is 60.5 Å². The van der Waals surface area contributed by atoms with Crippen molar-refractivity contribution < 1.29 is 14.4 Å². The quantitative estimate of drug-likeness (QED) is 0.655. The summed E-state index contributed by atoms with van der Waals surface area (Å²) in [5, 5.41) is 10.5. The SMILES string of the molecule is CC(C)C[N+]1(C)CCN(Cc2cc(C(C)(C)C)cc(C=O)c2O)CC1. The average Bonchev–Trinajstić information content (AvgIpc) is 2.49. The van der Waals surface area contributed by atoms with Gasteiger partial charge in [-0.05, 0) is 17.0 Å². The summed E-state index contributed by atoms with van der Waals surface area (Å²) in [6, 6.07) is 3.89. The van der Waals surface area contributed by atoms with Gasteiger partial charge in [-0.3, -0.25) is 9.69 Å². The van der Waals surface area contributed by atoms with Crippen molar-refractivity contribution in [3.05, 3.63) is 28.8 Å². The second kappa shape index (κ2) is 7.46. The lowest BCUT2D eigenvalue weighted by atomic mass is 9.84. The summed E-state index contributed by atoms with van der Waals surface area (Å²) in [5.41, 5.74) is 2.32. The van der Waals surface area contributed by atoms with Gasteiger partial charge in [0.05, 0.1) is 32.2 Å². The Morgan fingerprint density at radius 1 is 1.24 bits per heavy atom. The normalized spacial score (nSPS) is 18.5. The van der Waals surface area contributed by atoms with Crippen molar-refractivity contribution in [1.82, 2.24) is 4.90 Å². The van der Waals surface area contributed by atoms with Crippen LogP contribution in [0.25, 0.3) is 0 Å². The molecule has 1 fully saturated rings. The Labute approximate surface area is 153 Å². The molecule has 0 bridgehead atoms. The lowest BCUT2D eigenvalue weighted by Gasteiger charge is -2.43. The Balaban J connectivity index is 2.14.